The van der Waals surface area contributed by atoms with Crippen LogP contribution in [0.2, 0.25) is 0 Å². The quantitative estimate of drug-likeness (QED) is 0.672. The lowest BCUT2D eigenvalue weighted by atomic mass is 10.1. The molecule has 1 aromatic rings. The number of halogens is 1. The molecular formula is C11H14BrN3O2. The van der Waals surface area contributed by atoms with Crippen molar-refractivity contribution in [1.29, 1.82) is 0 Å². The first kappa shape index (κ1) is 12.3. The van der Waals surface area contributed by atoms with Crippen molar-refractivity contribution >= 4 is 27.3 Å². The minimum atomic E-state index is -0.351. The van der Waals surface area contributed by atoms with Gasteiger partial charge < -0.3 is 10.6 Å². The van der Waals surface area contributed by atoms with E-state index in [0.717, 1.165) is 13.0 Å². The molecule has 0 bridgehead atoms. The summed E-state index contributed by atoms with van der Waals surface area (Å²) in [7, 11) is 0. The Morgan fingerprint density at radius 1 is 1.59 bits per heavy atom. The average Bonchev–Trinajstić information content (AvgIpc) is 2.60. The largest absolute Gasteiger partial charge is 0.362 e. The minimum Gasteiger partial charge on any atom is -0.362 e. The third-order valence-corrected chi connectivity index (χ3v) is 3.75. The maximum absolute atomic E-state index is 11.0. The van der Waals surface area contributed by atoms with Gasteiger partial charge >= 0.3 is 0 Å². The summed E-state index contributed by atoms with van der Waals surface area (Å²) in [6.07, 6.45) is 0.869. The van der Waals surface area contributed by atoms with Crippen LogP contribution in [0.15, 0.2) is 22.7 Å². The molecule has 1 aliphatic heterocycles. The van der Waals surface area contributed by atoms with Gasteiger partial charge in [0.25, 0.3) is 5.69 Å². The molecule has 0 saturated carbocycles. The Morgan fingerprint density at radius 2 is 2.29 bits per heavy atom. The van der Waals surface area contributed by atoms with Crippen LogP contribution < -0.4 is 10.6 Å². The number of hydrogen-bond donors (Lipinski definition) is 1. The molecule has 0 aliphatic carbocycles. The summed E-state index contributed by atoms with van der Waals surface area (Å²) in [6.45, 7) is 2.77. The van der Waals surface area contributed by atoms with Gasteiger partial charge in [-0.25, -0.2) is 0 Å². The van der Waals surface area contributed by atoms with Gasteiger partial charge in [-0.05, 0) is 25.5 Å². The number of anilines is 1. The highest BCUT2D eigenvalue weighted by Crippen LogP contribution is 2.35. The lowest BCUT2D eigenvalue weighted by Gasteiger charge is -2.25. The van der Waals surface area contributed by atoms with Crippen LogP contribution in [-0.4, -0.2) is 23.6 Å². The molecule has 2 unspecified atom stereocenters. The smallest absolute Gasteiger partial charge is 0.293 e. The fraction of sp³-hybridized carbons (Fsp3) is 0.455. The molecular weight excluding hydrogens is 286 g/mol. The van der Waals surface area contributed by atoms with Gasteiger partial charge in [0, 0.05) is 29.2 Å². The summed E-state index contributed by atoms with van der Waals surface area (Å²) in [5, 5.41) is 11.0. The Labute approximate surface area is 108 Å². The fourth-order valence-corrected chi connectivity index (χ4v) is 2.54. The topological polar surface area (TPSA) is 72.4 Å². The molecule has 6 heteroatoms. The SMILES string of the molecule is CC1C(N)CCN1c1ccc(Br)cc1[N+](=O)[O-]. The van der Waals surface area contributed by atoms with Crippen molar-refractivity contribution in [2.75, 3.05) is 11.4 Å². The molecule has 0 amide bonds. The Hall–Kier alpha value is -1.14. The number of benzene rings is 1. The monoisotopic (exact) mass is 299 g/mol. The molecule has 1 saturated heterocycles. The number of nitro benzene ring substituents is 1. The number of rotatable bonds is 2. The van der Waals surface area contributed by atoms with E-state index in [9.17, 15) is 10.1 Å². The Morgan fingerprint density at radius 3 is 2.82 bits per heavy atom. The second kappa shape index (κ2) is 4.62. The maximum Gasteiger partial charge on any atom is 0.293 e. The van der Waals surface area contributed by atoms with E-state index >= 15 is 0 Å². The van der Waals surface area contributed by atoms with Gasteiger partial charge in [-0.3, -0.25) is 10.1 Å². The highest BCUT2D eigenvalue weighted by atomic mass is 79.9. The van der Waals surface area contributed by atoms with Crippen LogP contribution in [0, 0.1) is 10.1 Å². The fourth-order valence-electron chi connectivity index (χ4n) is 2.19. The van der Waals surface area contributed by atoms with Crippen molar-refractivity contribution in [3.8, 4) is 0 Å². The van der Waals surface area contributed by atoms with Crippen LogP contribution in [0.1, 0.15) is 13.3 Å². The number of hydrogen-bond acceptors (Lipinski definition) is 4. The van der Waals surface area contributed by atoms with E-state index in [-0.39, 0.29) is 22.7 Å². The summed E-state index contributed by atoms with van der Waals surface area (Å²) in [4.78, 5) is 12.7. The third kappa shape index (κ3) is 2.28. The Kier molecular flexibility index (Phi) is 3.35. The van der Waals surface area contributed by atoms with Gasteiger partial charge in [-0.2, -0.15) is 0 Å². The first-order valence-electron chi connectivity index (χ1n) is 5.47. The molecule has 1 fully saturated rings. The lowest BCUT2D eigenvalue weighted by molar-refractivity contribution is -0.384. The normalized spacial score (nSPS) is 24.1. The summed E-state index contributed by atoms with van der Waals surface area (Å²) >= 11 is 3.25. The van der Waals surface area contributed by atoms with Crippen LogP contribution in [0.4, 0.5) is 11.4 Å². The zero-order valence-electron chi connectivity index (χ0n) is 9.47. The minimum absolute atomic E-state index is 0.0817. The molecule has 2 atom stereocenters. The van der Waals surface area contributed by atoms with E-state index in [1.165, 1.54) is 6.07 Å². The van der Waals surface area contributed by atoms with Crippen molar-refractivity contribution in [2.24, 2.45) is 5.73 Å². The maximum atomic E-state index is 11.0. The average molecular weight is 300 g/mol. The zero-order chi connectivity index (χ0) is 12.6. The van der Waals surface area contributed by atoms with Gasteiger partial charge in [0.05, 0.1) is 4.92 Å². The van der Waals surface area contributed by atoms with Gasteiger partial charge in [-0.15, -0.1) is 0 Å². The summed E-state index contributed by atoms with van der Waals surface area (Å²) in [6, 6.07) is 5.34. The Balaban J connectivity index is 2.42. The van der Waals surface area contributed by atoms with Crippen LogP contribution >= 0.6 is 15.9 Å². The van der Waals surface area contributed by atoms with Crippen LogP contribution in [-0.2, 0) is 0 Å². The van der Waals surface area contributed by atoms with E-state index < -0.39 is 0 Å². The Bertz CT molecular complexity index is 452. The predicted octanol–water partition coefficient (Wildman–Crippen LogP) is 2.28. The van der Waals surface area contributed by atoms with Crippen molar-refractivity contribution in [2.45, 2.75) is 25.4 Å². The van der Waals surface area contributed by atoms with E-state index in [1.807, 2.05) is 17.9 Å². The number of nitrogens with two attached hydrogens (primary N) is 1. The highest BCUT2D eigenvalue weighted by molar-refractivity contribution is 9.10. The van der Waals surface area contributed by atoms with Gasteiger partial charge in [0.2, 0.25) is 0 Å². The van der Waals surface area contributed by atoms with E-state index in [4.69, 9.17) is 5.73 Å². The first-order chi connectivity index (χ1) is 8.00. The second-order valence-electron chi connectivity index (χ2n) is 4.28. The molecule has 1 aliphatic rings. The predicted molar refractivity (Wildman–Crippen MR) is 70.2 cm³/mol. The van der Waals surface area contributed by atoms with Crippen LogP contribution in [0.25, 0.3) is 0 Å². The third-order valence-electron chi connectivity index (χ3n) is 3.26. The molecule has 0 aromatic heterocycles. The van der Waals surface area contributed by atoms with Crippen molar-refractivity contribution in [3.63, 3.8) is 0 Å². The standard InChI is InChI=1S/C11H14BrN3O2/c1-7-9(13)4-5-14(7)10-3-2-8(12)6-11(10)15(16)17/h2-3,6-7,9H,4-5,13H2,1H3. The summed E-state index contributed by atoms with van der Waals surface area (Å²) in [5.41, 5.74) is 6.72. The van der Waals surface area contributed by atoms with E-state index in [0.29, 0.717) is 10.2 Å². The second-order valence-corrected chi connectivity index (χ2v) is 5.19. The summed E-state index contributed by atoms with van der Waals surface area (Å²) in [5.74, 6) is 0. The van der Waals surface area contributed by atoms with Crippen molar-refractivity contribution in [1.82, 2.24) is 0 Å². The van der Waals surface area contributed by atoms with E-state index in [2.05, 4.69) is 15.9 Å². The zero-order valence-corrected chi connectivity index (χ0v) is 11.1. The van der Waals surface area contributed by atoms with Gasteiger partial charge in [-0.1, -0.05) is 15.9 Å². The molecule has 0 radical (unpaired) electrons. The molecule has 92 valence electrons. The van der Waals surface area contributed by atoms with Crippen LogP contribution in [0.5, 0.6) is 0 Å². The highest BCUT2D eigenvalue weighted by Gasteiger charge is 2.31. The number of nitro groups is 1. The molecule has 17 heavy (non-hydrogen) atoms. The van der Waals surface area contributed by atoms with Crippen LogP contribution in [0.3, 0.4) is 0 Å². The summed E-state index contributed by atoms with van der Waals surface area (Å²) < 4.78 is 0.712. The molecule has 5 nitrogen and oxygen atoms in total. The molecule has 2 N–H and O–H groups in total. The van der Waals surface area contributed by atoms with Gasteiger partial charge in [0.1, 0.15) is 5.69 Å². The van der Waals surface area contributed by atoms with Crippen molar-refractivity contribution < 1.29 is 4.92 Å². The first-order valence-corrected chi connectivity index (χ1v) is 6.26. The molecule has 2 rings (SSSR count). The number of nitrogens with zero attached hydrogens (tertiary/aromatic N) is 2. The molecule has 0 spiro atoms. The van der Waals surface area contributed by atoms with Gasteiger partial charge in [0.15, 0.2) is 0 Å². The molecule has 1 heterocycles. The molecule has 1 aromatic carbocycles. The van der Waals surface area contributed by atoms with Crippen molar-refractivity contribution in [3.05, 3.63) is 32.8 Å². The lowest BCUT2D eigenvalue weighted by Crippen LogP contribution is -2.37. The van der Waals surface area contributed by atoms with E-state index in [1.54, 1.807) is 6.07 Å².